The van der Waals surface area contributed by atoms with Gasteiger partial charge in [-0.2, -0.15) is 13.2 Å². The van der Waals surface area contributed by atoms with Gasteiger partial charge in [-0.15, -0.1) is 0 Å². The second-order valence-electron chi connectivity index (χ2n) is 3.82. The van der Waals surface area contributed by atoms with Gasteiger partial charge in [-0.05, 0) is 12.0 Å². The van der Waals surface area contributed by atoms with Crippen LogP contribution in [0.15, 0.2) is 24.9 Å². The van der Waals surface area contributed by atoms with E-state index in [2.05, 4.69) is 4.42 Å². The first-order valence-corrected chi connectivity index (χ1v) is 5.12. The van der Waals surface area contributed by atoms with E-state index in [-0.39, 0.29) is 10.9 Å². The van der Waals surface area contributed by atoms with Gasteiger partial charge in [0.15, 0.2) is 0 Å². The lowest BCUT2D eigenvalue weighted by molar-refractivity contribution is -0.133. The number of rotatable bonds is 2. The summed E-state index contributed by atoms with van der Waals surface area (Å²) in [6, 6.07) is 0.807. The number of halogens is 3. The van der Waals surface area contributed by atoms with E-state index in [1.807, 2.05) is 9.97 Å². The third-order valence-electron chi connectivity index (χ3n) is 2.40. The van der Waals surface area contributed by atoms with Crippen molar-refractivity contribution >= 4 is 11.1 Å². The maximum Gasteiger partial charge on any atom is 0.389 e. The Kier molecular flexibility index (Phi) is 3.05. The minimum atomic E-state index is -4.42. The fourth-order valence-electron chi connectivity index (χ4n) is 1.65. The lowest BCUT2D eigenvalue weighted by atomic mass is 10.1. The van der Waals surface area contributed by atoms with Crippen molar-refractivity contribution in [3.05, 3.63) is 42.9 Å². The fraction of sp³-hybridized carbons (Fsp3) is 0.300. The van der Waals surface area contributed by atoms with Gasteiger partial charge in [0, 0.05) is 12.5 Å². The lowest BCUT2D eigenvalue weighted by Gasteiger charge is -2.07. The van der Waals surface area contributed by atoms with Crippen LogP contribution in [0.25, 0.3) is 11.1 Å². The zero-order valence-electron chi connectivity index (χ0n) is 9.26. The molecule has 102 valence electrons. The highest BCUT2D eigenvalue weighted by atomic mass is 19.4. The maximum absolute atomic E-state index is 12.2. The third-order valence-corrected chi connectivity index (χ3v) is 2.40. The van der Waals surface area contributed by atoms with Crippen molar-refractivity contribution < 1.29 is 17.6 Å². The minimum Gasteiger partial charge on any atom is -0.405 e. The van der Waals surface area contributed by atoms with E-state index in [9.17, 15) is 27.6 Å². The summed E-state index contributed by atoms with van der Waals surface area (Å²) in [5.41, 5.74) is -3.31. The average molecular weight is 276 g/mol. The molecule has 9 heteroatoms. The smallest absolute Gasteiger partial charge is 0.389 e. The highest BCUT2D eigenvalue weighted by Crippen LogP contribution is 2.23. The SMILES string of the molecule is O=c1[nH]c(=O)c2c(CCC(F)(F)F)cc(=O)oc2[nH]1. The Labute approximate surface area is 101 Å². The first kappa shape index (κ1) is 13.1. The Bertz CT molecular complexity index is 779. The zero-order valence-corrected chi connectivity index (χ0v) is 9.26. The number of hydrogen-bond acceptors (Lipinski definition) is 4. The zero-order chi connectivity index (χ0) is 14.2. The molecule has 2 aromatic rings. The summed E-state index contributed by atoms with van der Waals surface area (Å²) in [5.74, 6) is 0. The number of alkyl halides is 3. The van der Waals surface area contributed by atoms with Crippen molar-refractivity contribution in [2.45, 2.75) is 19.0 Å². The molecule has 0 aliphatic rings. The van der Waals surface area contributed by atoms with Crippen LogP contribution >= 0.6 is 0 Å². The monoisotopic (exact) mass is 276 g/mol. The molecule has 19 heavy (non-hydrogen) atoms. The molecule has 0 aliphatic heterocycles. The molecule has 0 saturated heterocycles. The highest BCUT2D eigenvalue weighted by molar-refractivity contribution is 5.75. The standard InChI is InChI=1S/C10H7F3N2O4/c11-10(12,13)2-1-4-3-5(16)19-8-6(4)7(17)14-9(18)15-8/h3H,1-2H2,(H2,14,15,17,18). The van der Waals surface area contributed by atoms with Crippen molar-refractivity contribution in [2.75, 3.05) is 0 Å². The van der Waals surface area contributed by atoms with E-state index >= 15 is 0 Å². The number of aromatic amines is 2. The van der Waals surface area contributed by atoms with Crippen molar-refractivity contribution in [1.82, 2.24) is 9.97 Å². The molecule has 2 rings (SSSR count). The number of H-pyrrole nitrogens is 2. The Balaban J connectivity index is 2.63. The van der Waals surface area contributed by atoms with E-state index in [1.165, 1.54) is 0 Å². The number of aryl methyl sites for hydroxylation is 1. The van der Waals surface area contributed by atoms with Gasteiger partial charge in [-0.25, -0.2) is 9.59 Å². The van der Waals surface area contributed by atoms with Gasteiger partial charge in [0.2, 0.25) is 5.71 Å². The Morgan fingerprint density at radius 3 is 2.47 bits per heavy atom. The normalized spacial score (nSPS) is 11.9. The predicted octanol–water partition coefficient (Wildman–Crippen LogP) is 0.665. The molecule has 2 aromatic heterocycles. The van der Waals surface area contributed by atoms with Gasteiger partial charge >= 0.3 is 17.5 Å². The first-order valence-electron chi connectivity index (χ1n) is 5.12. The lowest BCUT2D eigenvalue weighted by Crippen LogP contribution is -2.24. The van der Waals surface area contributed by atoms with E-state index in [4.69, 9.17) is 0 Å². The third kappa shape index (κ3) is 2.92. The molecule has 2 heterocycles. The molecule has 0 atom stereocenters. The van der Waals surface area contributed by atoms with Crippen molar-refractivity contribution in [2.24, 2.45) is 0 Å². The van der Waals surface area contributed by atoms with Gasteiger partial charge in [-0.1, -0.05) is 0 Å². The molecular formula is C10H7F3N2O4. The Morgan fingerprint density at radius 1 is 1.16 bits per heavy atom. The first-order chi connectivity index (χ1) is 8.76. The van der Waals surface area contributed by atoms with E-state index < -0.39 is 41.6 Å². The quantitative estimate of drug-likeness (QED) is 0.842. The number of hydrogen-bond donors (Lipinski definition) is 2. The molecule has 6 nitrogen and oxygen atoms in total. The van der Waals surface area contributed by atoms with Gasteiger partial charge in [0.1, 0.15) is 5.39 Å². The maximum atomic E-state index is 12.2. The van der Waals surface area contributed by atoms with Crippen LogP contribution in [0.5, 0.6) is 0 Å². The molecule has 0 unspecified atom stereocenters. The predicted molar refractivity (Wildman–Crippen MR) is 58.1 cm³/mol. The van der Waals surface area contributed by atoms with Crippen LogP contribution in [-0.4, -0.2) is 16.1 Å². The molecular weight excluding hydrogens is 269 g/mol. The van der Waals surface area contributed by atoms with Crippen LogP contribution in [0.3, 0.4) is 0 Å². The highest BCUT2D eigenvalue weighted by Gasteiger charge is 2.27. The van der Waals surface area contributed by atoms with E-state index in [0.717, 1.165) is 6.07 Å². The molecule has 2 N–H and O–H groups in total. The van der Waals surface area contributed by atoms with E-state index in [0.29, 0.717) is 0 Å². The van der Waals surface area contributed by atoms with Gasteiger partial charge in [-0.3, -0.25) is 14.8 Å². The van der Waals surface area contributed by atoms with Gasteiger partial charge < -0.3 is 4.42 Å². The summed E-state index contributed by atoms with van der Waals surface area (Å²) >= 11 is 0. The van der Waals surface area contributed by atoms with Crippen LogP contribution in [-0.2, 0) is 6.42 Å². The number of fused-ring (bicyclic) bond motifs is 1. The van der Waals surface area contributed by atoms with Crippen LogP contribution in [0.4, 0.5) is 13.2 Å². The van der Waals surface area contributed by atoms with Gasteiger partial charge in [0.05, 0.1) is 0 Å². The molecule has 0 radical (unpaired) electrons. The molecule has 0 amide bonds. The molecule has 0 aliphatic carbocycles. The molecule has 0 bridgehead atoms. The summed E-state index contributed by atoms with van der Waals surface area (Å²) in [5, 5.41) is -0.261. The van der Waals surface area contributed by atoms with Crippen LogP contribution < -0.4 is 16.9 Å². The van der Waals surface area contributed by atoms with Crippen LogP contribution in [0.2, 0.25) is 0 Å². The minimum absolute atomic E-state index is 0.124. The van der Waals surface area contributed by atoms with E-state index in [1.54, 1.807) is 0 Å². The second-order valence-corrected chi connectivity index (χ2v) is 3.82. The summed E-state index contributed by atoms with van der Waals surface area (Å²) < 4.78 is 41.1. The summed E-state index contributed by atoms with van der Waals surface area (Å²) in [4.78, 5) is 37.6. The summed E-state index contributed by atoms with van der Waals surface area (Å²) in [6.45, 7) is 0. The van der Waals surface area contributed by atoms with Crippen molar-refractivity contribution in [3.8, 4) is 0 Å². The molecule has 0 fully saturated rings. The number of nitrogens with one attached hydrogen (secondary N) is 2. The summed E-state index contributed by atoms with van der Waals surface area (Å²) in [6.07, 6.45) is -6.16. The van der Waals surface area contributed by atoms with Crippen LogP contribution in [0, 0.1) is 0 Å². The fourth-order valence-corrected chi connectivity index (χ4v) is 1.65. The largest absolute Gasteiger partial charge is 0.405 e. The molecule has 0 saturated carbocycles. The second kappa shape index (κ2) is 4.41. The Hall–Kier alpha value is -2.32. The van der Waals surface area contributed by atoms with Crippen molar-refractivity contribution in [1.29, 1.82) is 0 Å². The molecule has 0 aromatic carbocycles. The van der Waals surface area contributed by atoms with Crippen molar-refractivity contribution in [3.63, 3.8) is 0 Å². The summed E-state index contributed by atoms with van der Waals surface area (Å²) in [7, 11) is 0. The topological polar surface area (TPSA) is 95.9 Å². The molecule has 0 spiro atoms. The number of aromatic nitrogens is 2. The average Bonchev–Trinajstić information content (AvgIpc) is 2.23. The van der Waals surface area contributed by atoms with Gasteiger partial charge in [0.25, 0.3) is 5.56 Å². The Morgan fingerprint density at radius 2 is 1.84 bits per heavy atom. The van der Waals surface area contributed by atoms with Crippen LogP contribution in [0.1, 0.15) is 12.0 Å².